The van der Waals surface area contributed by atoms with Gasteiger partial charge in [0.1, 0.15) is 12.3 Å². The summed E-state index contributed by atoms with van der Waals surface area (Å²) >= 11 is 0. The first-order valence-corrected chi connectivity index (χ1v) is 9.45. The van der Waals surface area contributed by atoms with Crippen LogP contribution in [0.2, 0.25) is 0 Å². The van der Waals surface area contributed by atoms with Gasteiger partial charge >= 0.3 is 0 Å². The molecule has 1 saturated carbocycles. The van der Waals surface area contributed by atoms with Crippen LogP contribution in [-0.4, -0.2) is 33.7 Å². The summed E-state index contributed by atoms with van der Waals surface area (Å²) in [7, 11) is 1.63. The predicted octanol–water partition coefficient (Wildman–Crippen LogP) is 2.90. The van der Waals surface area contributed by atoms with E-state index in [1.807, 2.05) is 54.3 Å². The van der Waals surface area contributed by atoms with Crippen molar-refractivity contribution in [2.45, 2.75) is 38.9 Å². The zero-order chi connectivity index (χ0) is 19.7. The van der Waals surface area contributed by atoms with Crippen molar-refractivity contribution in [3.63, 3.8) is 0 Å². The molecular weight excluding hydrogens is 354 g/mol. The zero-order valence-electron chi connectivity index (χ0n) is 16.1. The second-order valence-corrected chi connectivity index (χ2v) is 7.19. The highest BCUT2D eigenvalue weighted by molar-refractivity contribution is 5.83. The van der Waals surface area contributed by atoms with Gasteiger partial charge in [-0.25, -0.2) is 4.68 Å². The molecule has 0 N–H and O–H groups in total. The molecule has 1 aromatic heterocycles. The fourth-order valence-electron chi connectivity index (χ4n) is 3.47. The average molecular weight is 377 g/mol. The van der Waals surface area contributed by atoms with Gasteiger partial charge in [-0.1, -0.05) is 30.3 Å². The minimum Gasteiger partial charge on any atom is -0.497 e. The Morgan fingerprint density at radius 2 is 1.82 bits per heavy atom. The number of nitrogens with zero attached hydrogens (tertiary/aromatic N) is 3. The molecule has 0 aliphatic heterocycles. The van der Waals surface area contributed by atoms with Crippen LogP contribution in [0.1, 0.15) is 24.1 Å². The van der Waals surface area contributed by atoms with Crippen molar-refractivity contribution >= 4 is 16.7 Å². The molecule has 1 fully saturated rings. The van der Waals surface area contributed by atoms with Crippen LogP contribution in [0.3, 0.4) is 0 Å². The van der Waals surface area contributed by atoms with Gasteiger partial charge < -0.3 is 9.64 Å². The molecule has 1 amide bonds. The Morgan fingerprint density at radius 3 is 2.46 bits per heavy atom. The number of aryl methyl sites for hydroxylation is 1. The number of carbonyl (C=O) groups excluding carboxylic acids is 1. The minimum absolute atomic E-state index is 0.0445. The Hall–Kier alpha value is -3.15. The molecule has 6 nitrogen and oxygen atoms in total. The summed E-state index contributed by atoms with van der Waals surface area (Å²) < 4.78 is 6.49. The molecule has 1 aliphatic carbocycles. The molecule has 0 saturated heterocycles. The number of amides is 1. The SMILES string of the molecule is COc1ccc(CN(C(=O)Cn2nc(C)c3ccccc3c2=O)C2CC2)cc1. The van der Waals surface area contributed by atoms with E-state index in [1.54, 1.807) is 13.2 Å². The summed E-state index contributed by atoms with van der Waals surface area (Å²) in [4.78, 5) is 27.7. The molecule has 2 aromatic carbocycles. The largest absolute Gasteiger partial charge is 0.497 e. The number of fused-ring (bicyclic) bond motifs is 1. The highest BCUT2D eigenvalue weighted by atomic mass is 16.5. The van der Waals surface area contributed by atoms with Crippen molar-refractivity contribution < 1.29 is 9.53 Å². The van der Waals surface area contributed by atoms with E-state index in [0.717, 1.165) is 35.2 Å². The van der Waals surface area contributed by atoms with Crippen molar-refractivity contribution in [1.29, 1.82) is 0 Å². The molecule has 0 atom stereocenters. The van der Waals surface area contributed by atoms with Gasteiger partial charge in [0.15, 0.2) is 0 Å². The first-order chi connectivity index (χ1) is 13.6. The van der Waals surface area contributed by atoms with E-state index in [0.29, 0.717) is 11.9 Å². The highest BCUT2D eigenvalue weighted by Crippen LogP contribution is 2.29. The minimum atomic E-state index is -0.227. The Labute approximate surface area is 163 Å². The molecule has 1 aliphatic rings. The van der Waals surface area contributed by atoms with Crippen molar-refractivity contribution in [2.75, 3.05) is 7.11 Å². The number of hydrogen-bond donors (Lipinski definition) is 0. The van der Waals surface area contributed by atoms with Crippen LogP contribution in [0.5, 0.6) is 5.75 Å². The number of ether oxygens (including phenoxy) is 1. The van der Waals surface area contributed by atoms with E-state index in [-0.39, 0.29) is 24.1 Å². The van der Waals surface area contributed by atoms with Crippen LogP contribution >= 0.6 is 0 Å². The predicted molar refractivity (Wildman–Crippen MR) is 107 cm³/mol. The normalized spacial score (nSPS) is 13.5. The first kappa shape index (κ1) is 18.2. The number of hydrogen-bond acceptors (Lipinski definition) is 4. The Morgan fingerprint density at radius 1 is 1.14 bits per heavy atom. The molecule has 0 unspecified atom stereocenters. The van der Waals surface area contributed by atoms with Gasteiger partial charge in [-0.2, -0.15) is 5.10 Å². The third-order valence-corrected chi connectivity index (χ3v) is 5.16. The lowest BCUT2D eigenvalue weighted by atomic mass is 10.1. The van der Waals surface area contributed by atoms with Gasteiger partial charge in [0.05, 0.1) is 18.2 Å². The molecule has 6 heteroatoms. The lowest BCUT2D eigenvalue weighted by molar-refractivity contribution is -0.133. The van der Waals surface area contributed by atoms with Crippen molar-refractivity contribution in [1.82, 2.24) is 14.7 Å². The monoisotopic (exact) mass is 377 g/mol. The Bertz CT molecular complexity index is 1070. The highest BCUT2D eigenvalue weighted by Gasteiger charge is 2.32. The summed E-state index contributed by atoms with van der Waals surface area (Å²) in [5, 5.41) is 5.79. The quantitative estimate of drug-likeness (QED) is 0.663. The molecule has 0 radical (unpaired) electrons. The smallest absolute Gasteiger partial charge is 0.275 e. The summed E-state index contributed by atoms with van der Waals surface area (Å²) in [5.41, 5.74) is 1.56. The number of methoxy groups -OCH3 is 1. The van der Waals surface area contributed by atoms with Crippen LogP contribution in [-0.2, 0) is 17.9 Å². The maximum Gasteiger partial charge on any atom is 0.275 e. The van der Waals surface area contributed by atoms with E-state index in [1.165, 1.54) is 4.68 Å². The number of carbonyl (C=O) groups is 1. The molecule has 0 spiro atoms. The summed E-state index contributed by atoms with van der Waals surface area (Å²) in [6.45, 7) is 2.34. The number of aromatic nitrogens is 2. The fourth-order valence-corrected chi connectivity index (χ4v) is 3.47. The van der Waals surface area contributed by atoms with E-state index < -0.39 is 0 Å². The molecular formula is C22H23N3O3. The topological polar surface area (TPSA) is 64.4 Å². The molecule has 4 rings (SSSR count). The van der Waals surface area contributed by atoms with Crippen LogP contribution in [0, 0.1) is 6.92 Å². The standard InChI is InChI=1S/C22H23N3O3/c1-15-19-5-3-4-6-20(19)22(27)25(23-15)14-21(26)24(17-9-10-17)13-16-7-11-18(28-2)12-8-16/h3-8,11-12,17H,9-10,13-14H2,1-2H3. The van der Waals surface area contributed by atoms with E-state index >= 15 is 0 Å². The molecule has 0 bridgehead atoms. The second kappa shape index (κ2) is 7.46. The third-order valence-electron chi connectivity index (χ3n) is 5.16. The van der Waals surface area contributed by atoms with Crippen LogP contribution in [0.25, 0.3) is 10.8 Å². The van der Waals surface area contributed by atoms with Gasteiger partial charge in [0.2, 0.25) is 5.91 Å². The van der Waals surface area contributed by atoms with Crippen LogP contribution < -0.4 is 10.3 Å². The van der Waals surface area contributed by atoms with E-state index in [2.05, 4.69) is 5.10 Å². The zero-order valence-corrected chi connectivity index (χ0v) is 16.1. The number of benzene rings is 2. The van der Waals surface area contributed by atoms with Gasteiger partial charge in [0, 0.05) is 18.0 Å². The van der Waals surface area contributed by atoms with E-state index in [9.17, 15) is 9.59 Å². The Balaban J connectivity index is 1.58. The molecule has 28 heavy (non-hydrogen) atoms. The summed E-state index contributed by atoms with van der Waals surface area (Å²) in [6.07, 6.45) is 2.00. The number of rotatable bonds is 6. The molecule has 1 heterocycles. The summed E-state index contributed by atoms with van der Waals surface area (Å²) in [6, 6.07) is 15.3. The van der Waals surface area contributed by atoms with Crippen LogP contribution in [0.15, 0.2) is 53.3 Å². The summed E-state index contributed by atoms with van der Waals surface area (Å²) in [5.74, 6) is 0.707. The lowest BCUT2D eigenvalue weighted by Gasteiger charge is -2.23. The van der Waals surface area contributed by atoms with Crippen LogP contribution in [0.4, 0.5) is 0 Å². The van der Waals surface area contributed by atoms with Gasteiger partial charge in [-0.3, -0.25) is 9.59 Å². The second-order valence-electron chi connectivity index (χ2n) is 7.19. The lowest BCUT2D eigenvalue weighted by Crippen LogP contribution is -2.38. The fraction of sp³-hybridized carbons (Fsp3) is 0.318. The third kappa shape index (κ3) is 3.63. The van der Waals surface area contributed by atoms with Gasteiger partial charge in [0.25, 0.3) is 5.56 Å². The van der Waals surface area contributed by atoms with E-state index in [4.69, 9.17) is 4.74 Å². The van der Waals surface area contributed by atoms with Crippen molar-refractivity contribution in [2.24, 2.45) is 0 Å². The van der Waals surface area contributed by atoms with Crippen molar-refractivity contribution in [3.8, 4) is 5.75 Å². The van der Waals surface area contributed by atoms with Crippen molar-refractivity contribution in [3.05, 3.63) is 70.1 Å². The first-order valence-electron chi connectivity index (χ1n) is 9.45. The van der Waals surface area contributed by atoms with Gasteiger partial charge in [-0.05, 0) is 43.5 Å². The molecule has 3 aromatic rings. The van der Waals surface area contributed by atoms with Gasteiger partial charge in [-0.15, -0.1) is 0 Å². The maximum atomic E-state index is 13.0. The Kier molecular flexibility index (Phi) is 4.86. The maximum absolute atomic E-state index is 13.0. The average Bonchev–Trinajstić information content (AvgIpc) is 3.55. The molecule has 144 valence electrons.